The molecule has 38 heavy (non-hydrogen) atoms. The number of amides is 1. The number of allylic oxidation sites excluding steroid dienone is 4. The fraction of sp³-hybridized carbons (Fsp3) is 0.433. The number of carbonyl (C=O) groups is 1. The van der Waals surface area contributed by atoms with Crippen LogP contribution < -0.4 is 11.1 Å². The van der Waals surface area contributed by atoms with Gasteiger partial charge in [-0.25, -0.2) is 4.98 Å². The second kappa shape index (κ2) is 12.5. The summed E-state index contributed by atoms with van der Waals surface area (Å²) in [6, 6.07) is 7.74. The summed E-state index contributed by atoms with van der Waals surface area (Å²) in [5, 5.41) is 3.06. The van der Waals surface area contributed by atoms with Crippen LogP contribution in [0.4, 0.5) is 17.3 Å². The number of benzene rings is 1. The van der Waals surface area contributed by atoms with E-state index in [4.69, 9.17) is 20.4 Å². The zero-order valence-electron chi connectivity index (χ0n) is 23.1. The number of fused-ring (bicyclic) bond motifs is 1. The number of hydrogen-bond donors (Lipinski definition) is 2. The van der Waals surface area contributed by atoms with Crippen LogP contribution in [0.5, 0.6) is 0 Å². The van der Waals surface area contributed by atoms with Gasteiger partial charge in [-0.15, -0.1) is 11.3 Å². The molecule has 1 amide bonds. The number of nitrogen functional groups attached to an aromatic ring is 1. The standard InChI is InChI=1S/C30H39N5O2S/c1-6-21-10-8-11-22(16-21)27-12-13-28(38-27)29(36)34-30-33-25-17-23(31)24(32-20(5)19(3)4)18-26(25)35(30)14-9-15-37-7-2/h11-13,16-19H,6-10,14-15,31H2,1-5H3,(H,33,34,36)/b32-20+. The van der Waals surface area contributed by atoms with Crippen molar-refractivity contribution < 1.29 is 9.53 Å². The van der Waals surface area contributed by atoms with Crippen molar-refractivity contribution in [2.24, 2.45) is 10.9 Å². The van der Waals surface area contributed by atoms with Crippen LogP contribution in [0.15, 0.2) is 47.0 Å². The molecule has 0 radical (unpaired) electrons. The SMILES string of the molecule is CCOCCCn1c(NC(=O)c2ccc(C3=CCCC(CC)=C3)s2)nc2cc(N)c(/N=C(\C)C(C)C)cc21. The first-order valence-corrected chi connectivity index (χ1v) is 14.4. The van der Waals surface area contributed by atoms with E-state index in [2.05, 4.69) is 38.2 Å². The van der Waals surface area contributed by atoms with Crippen molar-refractivity contribution in [3.8, 4) is 0 Å². The predicted octanol–water partition coefficient (Wildman–Crippen LogP) is 7.62. The molecule has 1 aromatic carbocycles. The van der Waals surface area contributed by atoms with Crippen LogP contribution in [-0.4, -0.2) is 34.4 Å². The van der Waals surface area contributed by atoms with Gasteiger partial charge in [0.2, 0.25) is 5.95 Å². The second-order valence-electron chi connectivity index (χ2n) is 9.92. The summed E-state index contributed by atoms with van der Waals surface area (Å²) < 4.78 is 7.59. The number of ether oxygens (including phenoxy) is 1. The number of anilines is 2. The molecule has 0 atom stereocenters. The van der Waals surface area contributed by atoms with Crippen molar-refractivity contribution in [1.82, 2.24) is 9.55 Å². The maximum Gasteiger partial charge on any atom is 0.268 e. The van der Waals surface area contributed by atoms with Gasteiger partial charge in [0.05, 0.1) is 27.3 Å². The van der Waals surface area contributed by atoms with Gasteiger partial charge in [0.25, 0.3) is 5.91 Å². The molecule has 202 valence electrons. The lowest BCUT2D eigenvalue weighted by Crippen LogP contribution is -2.15. The molecular weight excluding hydrogens is 494 g/mol. The largest absolute Gasteiger partial charge is 0.397 e. The molecule has 0 fully saturated rings. The molecule has 3 aromatic rings. The topological polar surface area (TPSA) is 94.5 Å². The van der Waals surface area contributed by atoms with Crippen LogP contribution in [0, 0.1) is 5.92 Å². The van der Waals surface area contributed by atoms with E-state index in [0.717, 1.165) is 53.0 Å². The average Bonchev–Trinajstić information content (AvgIpc) is 3.52. The molecule has 0 saturated heterocycles. The quantitative estimate of drug-likeness (QED) is 0.151. The molecule has 0 bridgehead atoms. The first-order valence-electron chi connectivity index (χ1n) is 13.5. The molecule has 0 saturated carbocycles. The van der Waals surface area contributed by atoms with Crippen LogP contribution in [0.25, 0.3) is 16.6 Å². The van der Waals surface area contributed by atoms with Gasteiger partial charge in [0.15, 0.2) is 0 Å². The number of imidazole rings is 1. The molecule has 7 nitrogen and oxygen atoms in total. The molecule has 1 aliphatic carbocycles. The number of nitrogens with two attached hydrogens (primary N) is 1. The number of aliphatic imine (C=N–C) groups is 1. The van der Waals surface area contributed by atoms with E-state index < -0.39 is 0 Å². The van der Waals surface area contributed by atoms with Crippen LogP contribution in [0.2, 0.25) is 0 Å². The van der Waals surface area contributed by atoms with Crippen molar-refractivity contribution in [2.45, 2.75) is 66.8 Å². The van der Waals surface area contributed by atoms with Crippen LogP contribution in [0.3, 0.4) is 0 Å². The lowest BCUT2D eigenvalue weighted by molar-refractivity contribution is 0.102. The van der Waals surface area contributed by atoms with Crippen LogP contribution in [0.1, 0.15) is 74.9 Å². The molecule has 2 heterocycles. The van der Waals surface area contributed by atoms with E-state index in [0.29, 0.717) is 42.2 Å². The zero-order chi connectivity index (χ0) is 27.2. The number of aryl methyl sites for hydroxylation is 1. The minimum absolute atomic E-state index is 0.166. The smallest absolute Gasteiger partial charge is 0.268 e. The van der Waals surface area contributed by atoms with Gasteiger partial charge in [0.1, 0.15) is 0 Å². The van der Waals surface area contributed by atoms with Crippen molar-refractivity contribution in [3.63, 3.8) is 0 Å². The lowest BCUT2D eigenvalue weighted by Gasteiger charge is -2.11. The van der Waals surface area contributed by atoms with E-state index in [-0.39, 0.29) is 5.91 Å². The van der Waals surface area contributed by atoms with Gasteiger partial charge in [-0.2, -0.15) is 0 Å². The van der Waals surface area contributed by atoms with Gasteiger partial charge in [-0.3, -0.25) is 15.1 Å². The first kappa shape index (κ1) is 27.8. The van der Waals surface area contributed by atoms with E-state index in [1.807, 2.05) is 42.7 Å². The molecule has 0 spiro atoms. The summed E-state index contributed by atoms with van der Waals surface area (Å²) in [6.45, 7) is 12.4. The highest BCUT2D eigenvalue weighted by molar-refractivity contribution is 7.15. The van der Waals surface area contributed by atoms with E-state index in [1.165, 1.54) is 22.5 Å². The Morgan fingerprint density at radius 3 is 2.84 bits per heavy atom. The Labute approximate surface area is 229 Å². The van der Waals surface area contributed by atoms with Crippen molar-refractivity contribution >= 4 is 56.9 Å². The molecule has 8 heteroatoms. The third kappa shape index (κ3) is 6.42. The Morgan fingerprint density at radius 2 is 2.11 bits per heavy atom. The minimum Gasteiger partial charge on any atom is -0.397 e. The van der Waals surface area contributed by atoms with Gasteiger partial charge in [-0.05, 0) is 75.3 Å². The van der Waals surface area contributed by atoms with Crippen molar-refractivity contribution in [1.29, 1.82) is 0 Å². The van der Waals surface area contributed by atoms with Crippen molar-refractivity contribution in [3.05, 3.63) is 51.7 Å². The third-order valence-electron chi connectivity index (χ3n) is 6.89. The van der Waals surface area contributed by atoms with Gasteiger partial charge in [0, 0.05) is 30.3 Å². The molecule has 0 aliphatic heterocycles. The Hall–Kier alpha value is -3.23. The van der Waals surface area contributed by atoms with Crippen LogP contribution >= 0.6 is 11.3 Å². The molecule has 3 N–H and O–H groups in total. The summed E-state index contributed by atoms with van der Waals surface area (Å²) in [5.41, 5.74) is 12.9. The minimum atomic E-state index is -0.166. The maximum absolute atomic E-state index is 13.3. The number of nitrogens with zero attached hydrogens (tertiary/aromatic N) is 3. The number of hydrogen-bond acceptors (Lipinski definition) is 6. The monoisotopic (exact) mass is 533 g/mol. The number of aromatic nitrogens is 2. The highest BCUT2D eigenvalue weighted by Crippen LogP contribution is 2.33. The van der Waals surface area contributed by atoms with E-state index in [9.17, 15) is 4.79 Å². The number of carbonyl (C=O) groups excluding carboxylic acids is 1. The van der Waals surface area contributed by atoms with Crippen molar-refractivity contribution in [2.75, 3.05) is 24.3 Å². The highest BCUT2D eigenvalue weighted by Gasteiger charge is 2.18. The molecule has 2 aromatic heterocycles. The predicted molar refractivity (Wildman–Crippen MR) is 161 cm³/mol. The first-order chi connectivity index (χ1) is 18.3. The Balaban J connectivity index is 1.64. The Bertz CT molecular complexity index is 1390. The molecule has 0 unspecified atom stereocenters. The number of rotatable bonds is 11. The molecule has 1 aliphatic rings. The summed E-state index contributed by atoms with van der Waals surface area (Å²) in [7, 11) is 0. The summed E-state index contributed by atoms with van der Waals surface area (Å²) in [5.74, 6) is 0.656. The summed E-state index contributed by atoms with van der Waals surface area (Å²) in [6.07, 6.45) is 8.54. The molecule has 4 rings (SSSR count). The number of nitrogens with one attached hydrogen (secondary N) is 1. The fourth-order valence-corrected chi connectivity index (χ4v) is 5.29. The average molecular weight is 534 g/mol. The Kier molecular flexibility index (Phi) is 9.17. The lowest BCUT2D eigenvalue weighted by atomic mass is 9.97. The van der Waals surface area contributed by atoms with Gasteiger partial charge < -0.3 is 15.0 Å². The summed E-state index contributed by atoms with van der Waals surface area (Å²) >= 11 is 1.51. The molecular formula is C30H39N5O2S. The van der Waals surface area contributed by atoms with E-state index in [1.54, 1.807) is 0 Å². The second-order valence-corrected chi connectivity index (χ2v) is 11.0. The normalized spacial score (nSPS) is 14.2. The Morgan fingerprint density at radius 1 is 1.29 bits per heavy atom. The highest BCUT2D eigenvalue weighted by atomic mass is 32.1. The number of thiophene rings is 1. The van der Waals surface area contributed by atoms with E-state index >= 15 is 0 Å². The van der Waals surface area contributed by atoms with Gasteiger partial charge in [-0.1, -0.05) is 38.5 Å². The van der Waals surface area contributed by atoms with Crippen LogP contribution in [-0.2, 0) is 11.3 Å². The van der Waals surface area contributed by atoms with Gasteiger partial charge >= 0.3 is 0 Å². The summed E-state index contributed by atoms with van der Waals surface area (Å²) in [4.78, 5) is 24.6. The fourth-order valence-electron chi connectivity index (χ4n) is 4.38. The maximum atomic E-state index is 13.3. The third-order valence-corrected chi connectivity index (χ3v) is 8.02. The zero-order valence-corrected chi connectivity index (χ0v) is 24.0.